The molecule has 1 heterocycles. The molecule has 3 heteroatoms. The first kappa shape index (κ1) is 10.4. The zero-order valence-corrected chi connectivity index (χ0v) is 9.84. The van der Waals surface area contributed by atoms with Crippen molar-refractivity contribution in [3.63, 3.8) is 0 Å². The van der Waals surface area contributed by atoms with Gasteiger partial charge in [-0.15, -0.1) is 11.8 Å². The highest BCUT2D eigenvalue weighted by Gasteiger charge is 2.25. The fraction of sp³-hybridized carbons (Fsp3) is 0.417. The molecule has 1 atom stereocenters. The van der Waals surface area contributed by atoms with Crippen molar-refractivity contribution in [2.75, 3.05) is 17.7 Å². The second-order valence-corrected chi connectivity index (χ2v) is 4.75. The van der Waals surface area contributed by atoms with Gasteiger partial charge in [0.25, 0.3) is 0 Å². The number of aryl methyl sites for hydroxylation is 1. The van der Waals surface area contributed by atoms with Crippen LogP contribution in [-0.2, 0) is 6.42 Å². The van der Waals surface area contributed by atoms with Gasteiger partial charge in [0.15, 0.2) is 0 Å². The lowest BCUT2D eigenvalue weighted by atomic mass is 10.1. The first-order valence-corrected chi connectivity index (χ1v) is 6.13. The second kappa shape index (κ2) is 4.16. The van der Waals surface area contributed by atoms with E-state index < -0.39 is 0 Å². The van der Waals surface area contributed by atoms with Gasteiger partial charge in [-0.25, -0.2) is 0 Å². The maximum absolute atomic E-state index is 9.05. The van der Waals surface area contributed by atoms with E-state index in [9.17, 15) is 0 Å². The Labute approximate surface area is 94.9 Å². The predicted octanol–water partition coefficient (Wildman–Crippen LogP) is 2.68. The Kier molecular flexibility index (Phi) is 2.88. The molecule has 2 rings (SSSR count). The van der Waals surface area contributed by atoms with Crippen LogP contribution in [0.3, 0.4) is 0 Å². The molecule has 1 unspecified atom stereocenters. The number of fused-ring (bicyclic) bond motifs is 1. The van der Waals surface area contributed by atoms with Crippen LogP contribution in [0, 0.1) is 11.3 Å². The van der Waals surface area contributed by atoms with E-state index in [1.54, 1.807) is 11.8 Å². The van der Waals surface area contributed by atoms with Crippen LogP contribution in [0.2, 0.25) is 0 Å². The molecule has 2 nitrogen and oxygen atoms in total. The lowest BCUT2D eigenvalue weighted by Crippen LogP contribution is -2.36. The monoisotopic (exact) mass is 218 g/mol. The first-order chi connectivity index (χ1) is 7.27. The van der Waals surface area contributed by atoms with Crippen LogP contribution in [0.15, 0.2) is 23.1 Å². The molecule has 0 aromatic heterocycles. The molecule has 15 heavy (non-hydrogen) atoms. The van der Waals surface area contributed by atoms with E-state index in [-0.39, 0.29) is 6.04 Å². The van der Waals surface area contributed by atoms with Gasteiger partial charge in [-0.2, -0.15) is 5.26 Å². The summed E-state index contributed by atoms with van der Waals surface area (Å²) in [6.07, 6.45) is 1.02. The van der Waals surface area contributed by atoms with Gasteiger partial charge in [0.05, 0.1) is 11.8 Å². The molecule has 0 N–H and O–H groups in total. The minimum absolute atomic E-state index is 0.00944. The van der Waals surface area contributed by atoms with Crippen LogP contribution in [0.1, 0.15) is 12.5 Å². The third-order valence-corrected chi connectivity index (χ3v) is 3.95. The van der Waals surface area contributed by atoms with Crippen molar-refractivity contribution in [2.45, 2.75) is 24.3 Å². The quantitative estimate of drug-likeness (QED) is 0.725. The standard InChI is InChI=1S/C12H14N2S/c1-3-9-5-4-6-11-12(9)14(2)10(7-13)8-15-11/h4-6,10H,3,8H2,1-2H3. The van der Waals surface area contributed by atoms with Crippen LogP contribution in [-0.4, -0.2) is 18.8 Å². The van der Waals surface area contributed by atoms with Gasteiger partial charge in [0.1, 0.15) is 6.04 Å². The van der Waals surface area contributed by atoms with Gasteiger partial charge >= 0.3 is 0 Å². The van der Waals surface area contributed by atoms with Crippen molar-refractivity contribution in [2.24, 2.45) is 0 Å². The zero-order chi connectivity index (χ0) is 10.8. The molecule has 0 aliphatic carbocycles. The summed E-state index contributed by atoms with van der Waals surface area (Å²) in [5.74, 6) is 0.868. The molecule has 0 spiro atoms. The summed E-state index contributed by atoms with van der Waals surface area (Å²) in [7, 11) is 2.02. The third-order valence-electron chi connectivity index (χ3n) is 2.83. The van der Waals surface area contributed by atoms with Crippen LogP contribution < -0.4 is 4.90 Å². The Morgan fingerprint density at radius 1 is 1.60 bits per heavy atom. The van der Waals surface area contributed by atoms with Crippen LogP contribution >= 0.6 is 11.8 Å². The number of nitrogens with zero attached hydrogens (tertiary/aromatic N) is 2. The van der Waals surface area contributed by atoms with Crippen molar-refractivity contribution < 1.29 is 0 Å². The van der Waals surface area contributed by atoms with E-state index in [1.165, 1.54) is 16.1 Å². The van der Waals surface area contributed by atoms with E-state index in [0.29, 0.717) is 0 Å². The molecule has 0 fully saturated rings. The molecule has 1 aliphatic rings. The van der Waals surface area contributed by atoms with Gasteiger partial charge in [0, 0.05) is 17.7 Å². The van der Waals surface area contributed by atoms with E-state index in [2.05, 4.69) is 36.1 Å². The summed E-state index contributed by atoms with van der Waals surface area (Å²) >= 11 is 1.79. The van der Waals surface area contributed by atoms with E-state index in [4.69, 9.17) is 5.26 Å². The lowest BCUT2D eigenvalue weighted by Gasteiger charge is -2.33. The van der Waals surface area contributed by atoms with Gasteiger partial charge in [0.2, 0.25) is 0 Å². The molecule has 1 aliphatic heterocycles. The smallest absolute Gasteiger partial charge is 0.126 e. The van der Waals surface area contributed by atoms with Crippen molar-refractivity contribution in [1.82, 2.24) is 0 Å². The molecule has 0 amide bonds. The molecule has 0 bridgehead atoms. The fourth-order valence-corrected chi connectivity index (χ4v) is 3.15. The van der Waals surface area contributed by atoms with E-state index in [1.807, 2.05) is 7.05 Å². The number of hydrogen-bond acceptors (Lipinski definition) is 3. The highest BCUT2D eigenvalue weighted by molar-refractivity contribution is 7.99. The molecular formula is C12H14N2S. The van der Waals surface area contributed by atoms with Gasteiger partial charge in [-0.1, -0.05) is 19.1 Å². The number of para-hydroxylation sites is 1. The highest BCUT2D eigenvalue weighted by Crippen LogP contribution is 2.38. The van der Waals surface area contributed by atoms with Crippen LogP contribution in [0.5, 0.6) is 0 Å². The topological polar surface area (TPSA) is 27.0 Å². The molecule has 0 saturated heterocycles. The maximum atomic E-state index is 9.05. The average Bonchev–Trinajstić information content (AvgIpc) is 2.29. The highest BCUT2D eigenvalue weighted by atomic mass is 32.2. The Balaban J connectivity index is 2.49. The molecular weight excluding hydrogens is 204 g/mol. The number of benzene rings is 1. The number of hydrogen-bond donors (Lipinski definition) is 0. The van der Waals surface area contributed by atoms with Crippen molar-refractivity contribution in [3.05, 3.63) is 23.8 Å². The molecule has 1 aromatic carbocycles. The second-order valence-electron chi connectivity index (χ2n) is 3.68. The summed E-state index contributed by atoms with van der Waals surface area (Å²) in [6.45, 7) is 2.16. The largest absolute Gasteiger partial charge is 0.357 e. The first-order valence-electron chi connectivity index (χ1n) is 5.15. The van der Waals surface area contributed by atoms with Gasteiger partial charge < -0.3 is 4.90 Å². The lowest BCUT2D eigenvalue weighted by molar-refractivity contribution is 0.814. The predicted molar refractivity (Wildman–Crippen MR) is 64.3 cm³/mol. The fourth-order valence-electron chi connectivity index (χ4n) is 1.93. The van der Waals surface area contributed by atoms with Crippen molar-refractivity contribution in [3.8, 4) is 6.07 Å². The number of rotatable bonds is 1. The number of nitriles is 1. The van der Waals surface area contributed by atoms with Crippen LogP contribution in [0.25, 0.3) is 0 Å². The van der Waals surface area contributed by atoms with E-state index in [0.717, 1.165) is 12.2 Å². The van der Waals surface area contributed by atoms with Gasteiger partial charge in [-0.3, -0.25) is 0 Å². The average molecular weight is 218 g/mol. The third kappa shape index (κ3) is 1.70. The Bertz CT molecular complexity index is 394. The summed E-state index contributed by atoms with van der Waals surface area (Å²) in [4.78, 5) is 3.42. The van der Waals surface area contributed by atoms with E-state index >= 15 is 0 Å². The van der Waals surface area contributed by atoms with Gasteiger partial charge in [-0.05, 0) is 18.1 Å². The number of anilines is 1. The summed E-state index contributed by atoms with van der Waals surface area (Å²) in [6, 6.07) is 8.75. The summed E-state index contributed by atoms with van der Waals surface area (Å²) < 4.78 is 0. The normalized spacial score (nSPS) is 19.5. The maximum Gasteiger partial charge on any atom is 0.126 e. The zero-order valence-electron chi connectivity index (χ0n) is 9.03. The summed E-state index contributed by atoms with van der Waals surface area (Å²) in [5.41, 5.74) is 2.59. The Hall–Kier alpha value is -1.14. The number of thioether (sulfide) groups is 1. The van der Waals surface area contributed by atoms with Crippen molar-refractivity contribution >= 4 is 17.4 Å². The molecule has 0 radical (unpaired) electrons. The molecule has 78 valence electrons. The Morgan fingerprint density at radius 2 is 2.40 bits per heavy atom. The van der Waals surface area contributed by atoms with Crippen molar-refractivity contribution in [1.29, 1.82) is 5.26 Å². The molecule has 0 saturated carbocycles. The Morgan fingerprint density at radius 3 is 3.07 bits per heavy atom. The minimum atomic E-state index is 0.00944. The van der Waals surface area contributed by atoms with Crippen LogP contribution in [0.4, 0.5) is 5.69 Å². The SMILES string of the molecule is CCc1cccc2c1N(C)C(C#N)CS2. The summed E-state index contributed by atoms with van der Waals surface area (Å²) in [5, 5.41) is 9.05. The minimum Gasteiger partial charge on any atom is -0.357 e. The molecule has 1 aromatic rings.